The predicted molar refractivity (Wildman–Crippen MR) is 63.0 cm³/mol. The van der Waals surface area contributed by atoms with E-state index in [-0.39, 0.29) is 52.9 Å². The van der Waals surface area contributed by atoms with Crippen molar-refractivity contribution in [1.82, 2.24) is 10.9 Å². The molecular weight excluding hydrogens is 264 g/mol. The molecular formula is C9H24N2O8. The SMILES string of the molecule is CN(OCCO)OCCO.OCCONOCCO. The number of hydrogen-bond donors (Lipinski definition) is 5. The number of aliphatic hydroxyl groups excluding tert-OH is 4. The number of nitrogens with one attached hydrogen (secondary N) is 1. The van der Waals surface area contributed by atoms with Crippen LogP contribution in [0.1, 0.15) is 0 Å². The molecule has 0 saturated carbocycles. The third kappa shape index (κ3) is 23.2. The number of hydrogen-bond acceptors (Lipinski definition) is 10. The van der Waals surface area contributed by atoms with Crippen LogP contribution in [-0.4, -0.2) is 85.6 Å². The summed E-state index contributed by atoms with van der Waals surface area (Å²) in [6.07, 6.45) is 0. The average molecular weight is 288 g/mol. The van der Waals surface area contributed by atoms with Crippen molar-refractivity contribution >= 4 is 0 Å². The van der Waals surface area contributed by atoms with E-state index < -0.39 is 0 Å². The van der Waals surface area contributed by atoms with Gasteiger partial charge >= 0.3 is 0 Å². The molecule has 0 rings (SSSR count). The summed E-state index contributed by atoms with van der Waals surface area (Å²) in [5.41, 5.74) is 2.07. The lowest BCUT2D eigenvalue weighted by Crippen LogP contribution is -2.22. The second-order valence-corrected chi connectivity index (χ2v) is 2.78. The van der Waals surface area contributed by atoms with Gasteiger partial charge < -0.3 is 20.4 Å². The summed E-state index contributed by atoms with van der Waals surface area (Å²) < 4.78 is 0. The summed E-state index contributed by atoms with van der Waals surface area (Å²) in [4.78, 5) is 18.4. The Labute approximate surface area is 111 Å². The Balaban J connectivity index is 0. The van der Waals surface area contributed by atoms with Crippen LogP contribution in [0.15, 0.2) is 0 Å². The Morgan fingerprint density at radius 1 is 0.737 bits per heavy atom. The summed E-state index contributed by atoms with van der Waals surface area (Å²) in [6, 6.07) is 0. The van der Waals surface area contributed by atoms with E-state index in [0.29, 0.717) is 0 Å². The highest BCUT2D eigenvalue weighted by Gasteiger charge is 1.95. The molecule has 5 N–H and O–H groups in total. The Morgan fingerprint density at radius 2 is 1.11 bits per heavy atom. The Morgan fingerprint density at radius 3 is 1.42 bits per heavy atom. The molecule has 0 amide bonds. The highest BCUT2D eigenvalue weighted by molar-refractivity contribution is 4.18. The van der Waals surface area contributed by atoms with Crippen LogP contribution in [0.3, 0.4) is 0 Å². The zero-order valence-electron chi connectivity index (χ0n) is 11.0. The van der Waals surface area contributed by atoms with Crippen LogP contribution >= 0.6 is 0 Å². The molecule has 118 valence electrons. The molecule has 0 fully saturated rings. The van der Waals surface area contributed by atoms with Crippen molar-refractivity contribution in [3.63, 3.8) is 0 Å². The summed E-state index contributed by atoms with van der Waals surface area (Å²) in [5.74, 6) is 0. The van der Waals surface area contributed by atoms with Crippen LogP contribution in [-0.2, 0) is 19.4 Å². The predicted octanol–water partition coefficient (Wildman–Crippen LogP) is -2.81. The first-order valence-electron chi connectivity index (χ1n) is 5.64. The highest BCUT2D eigenvalue weighted by Crippen LogP contribution is 1.85. The van der Waals surface area contributed by atoms with E-state index in [4.69, 9.17) is 30.1 Å². The Hall–Kier alpha value is -0.400. The smallest absolute Gasteiger partial charge is 0.0942 e. The number of nitrogens with zero attached hydrogens (tertiary/aromatic N) is 1. The van der Waals surface area contributed by atoms with Crippen LogP contribution in [0.25, 0.3) is 0 Å². The van der Waals surface area contributed by atoms with E-state index in [1.54, 1.807) is 7.05 Å². The maximum Gasteiger partial charge on any atom is 0.0942 e. The molecule has 0 aromatic rings. The molecule has 0 saturated heterocycles. The molecule has 0 aromatic heterocycles. The van der Waals surface area contributed by atoms with Gasteiger partial charge in [-0.1, -0.05) is 10.9 Å². The lowest BCUT2D eigenvalue weighted by molar-refractivity contribution is -0.356. The van der Waals surface area contributed by atoms with Gasteiger partial charge in [0.1, 0.15) is 0 Å². The van der Waals surface area contributed by atoms with E-state index in [1.165, 1.54) is 0 Å². The van der Waals surface area contributed by atoms with Gasteiger partial charge in [-0.3, -0.25) is 19.4 Å². The van der Waals surface area contributed by atoms with Crippen LogP contribution in [0, 0.1) is 0 Å². The van der Waals surface area contributed by atoms with Crippen LogP contribution < -0.4 is 5.64 Å². The third-order valence-electron chi connectivity index (χ3n) is 1.23. The molecule has 19 heavy (non-hydrogen) atoms. The van der Waals surface area contributed by atoms with Crippen LogP contribution in [0.5, 0.6) is 0 Å². The first-order chi connectivity index (χ1) is 9.22. The standard InChI is InChI=1S/C5H13NO4.C4H11NO4/c1-6(9-4-2-7)10-5-3-8;6-1-3-8-5-9-4-2-7/h7-8H,2-5H2,1H3;5-7H,1-4H2. The molecule has 0 unspecified atom stereocenters. The molecule has 0 spiro atoms. The van der Waals surface area contributed by atoms with Crippen molar-refractivity contribution in [3.8, 4) is 0 Å². The summed E-state index contributed by atoms with van der Waals surface area (Å²) in [5, 5.41) is 34.0. The van der Waals surface area contributed by atoms with Crippen molar-refractivity contribution < 1.29 is 39.8 Å². The molecule has 0 radical (unpaired) electrons. The number of hydroxylamine groups is 2. The average Bonchev–Trinajstić information content (AvgIpc) is 2.43. The Bertz CT molecular complexity index is 140. The maximum atomic E-state index is 8.28. The molecule has 10 heteroatoms. The fourth-order valence-corrected chi connectivity index (χ4v) is 0.592. The summed E-state index contributed by atoms with van der Waals surface area (Å²) in [7, 11) is 1.55. The Kier molecular flexibility index (Phi) is 21.9. The number of aliphatic hydroxyl groups is 4. The van der Waals surface area contributed by atoms with E-state index in [9.17, 15) is 0 Å². The van der Waals surface area contributed by atoms with Crippen molar-refractivity contribution in [2.75, 3.05) is 59.9 Å². The van der Waals surface area contributed by atoms with Gasteiger partial charge in [-0.15, -0.1) is 0 Å². The highest BCUT2D eigenvalue weighted by atomic mass is 16.9. The molecule has 0 atom stereocenters. The van der Waals surface area contributed by atoms with Crippen LogP contribution in [0.2, 0.25) is 0 Å². The van der Waals surface area contributed by atoms with Gasteiger partial charge in [-0.2, -0.15) is 0 Å². The second kappa shape index (κ2) is 19.9. The third-order valence-corrected chi connectivity index (χ3v) is 1.23. The van der Waals surface area contributed by atoms with Gasteiger partial charge in [0.25, 0.3) is 0 Å². The topological polar surface area (TPSA) is 133 Å². The molecule has 0 heterocycles. The van der Waals surface area contributed by atoms with Gasteiger partial charge in [0.2, 0.25) is 0 Å². The van der Waals surface area contributed by atoms with Crippen molar-refractivity contribution in [2.24, 2.45) is 0 Å². The monoisotopic (exact) mass is 288 g/mol. The fourth-order valence-electron chi connectivity index (χ4n) is 0.592. The molecule has 0 aliphatic carbocycles. The zero-order chi connectivity index (χ0) is 14.8. The van der Waals surface area contributed by atoms with E-state index in [0.717, 1.165) is 5.23 Å². The largest absolute Gasteiger partial charge is 0.394 e. The van der Waals surface area contributed by atoms with Gasteiger partial charge in [0.05, 0.1) is 52.9 Å². The van der Waals surface area contributed by atoms with Gasteiger partial charge in [0, 0.05) is 7.05 Å². The normalized spacial score (nSPS) is 10.4. The van der Waals surface area contributed by atoms with Crippen molar-refractivity contribution in [1.29, 1.82) is 0 Å². The second-order valence-electron chi connectivity index (χ2n) is 2.78. The molecule has 0 aliphatic heterocycles. The minimum absolute atomic E-state index is 0.0488. The van der Waals surface area contributed by atoms with Crippen LogP contribution in [0.4, 0.5) is 0 Å². The lowest BCUT2D eigenvalue weighted by atomic mass is 10.8. The first-order valence-corrected chi connectivity index (χ1v) is 5.64. The zero-order valence-corrected chi connectivity index (χ0v) is 11.0. The van der Waals surface area contributed by atoms with Gasteiger partial charge in [0.15, 0.2) is 0 Å². The lowest BCUT2D eigenvalue weighted by Gasteiger charge is -2.13. The van der Waals surface area contributed by atoms with Crippen molar-refractivity contribution in [3.05, 3.63) is 0 Å². The quantitative estimate of drug-likeness (QED) is 0.189. The van der Waals surface area contributed by atoms with E-state index >= 15 is 0 Å². The minimum atomic E-state index is -0.0600. The van der Waals surface area contributed by atoms with E-state index in [2.05, 4.69) is 15.3 Å². The molecule has 0 aromatic carbocycles. The maximum absolute atomic E-state index is 8.28. The molecule has 0 aliphatic rings. The van der Waals surface area contributed by atoms with E-state index in [1.807, 2.05) is 0 Å². The first kappa shape index (κ1) is 20.9. The molecule has 0 bridgehead atoms. The van der Waals surface area contributed by atoms with Gasteiger partial charge in [-0.25, -0.2) is 0 Å². The minimum Gasteiger partial charge on any atom is -0.394 e. The number of rotatable bonds is 12. The molecule has 10 nitrogen and oxygen atoms in total. The van der Waals surface area contributed by atoms with Gasteiger partial charge in [-0.05, 0) is 0 Å². The van der Waals surface area contributed by atoms with Crippen molar-refractivity contribution in [2.45, 2.75) is 0 Å². The fraction of sp³-hybridized carbons (Fsp3) is 1.00. The summed E-state index contributed by atoms with van der Waals surface area (Å²) >= 11 is 0. The summed E-state index contributed by atoms with van der Waals surface area (Å²) in [6.45, 7) is 0.519.